The zero-order valence-corrected chi connectivity index (χ0v) is 21.3. The second-order valence-electron chi connectivity index (χ2n) is 9.27. The van der Waals surface area contributed by atoms with Crippen LogP contribution in [0.1, 0.15) is 62.3 Å². The van der Waals surface area contributed by atoms with E-state index in [-0.39, 0.29) is 30.6 Å². The molecule has 0 bridgehead atoms. The highest BCUT2D eigenvalue weighted by Crippen LogP contribution is 2.42. The third-order valence-electron chi connectivity index (χ3n) is 6.10. The zero-order chi connectivity index (χ0) is 27.1. The number of carbonyl (C=O) groups is 2. The number of aliphatic hydroxyl groups excluding tert-OH is 2. The monoisotopic (exact) mass is 511 g/mol. The molecule has 3 rings (SSSR count). The van der Waals surface area contributed by atoms with Crippen LogP contribution in [0.15, 0.2) is 48.7 Å². The lowest BCUT2D eigenvalue weighted by Crippen LogP contribution is -2.27. The fraction of sp³-hybridized carbons (Fsp3) is 0.393. The van der Waals surface area contributed by atoms with Crippen molar-refractivity contribution in [2.45, 2.75) is 64.7 Å². The predicted molar refractivity (Wildman–Crippen MR) is 139 cm³/mol. The van der Waals surface area contributed by atoms with Crippen molar-refractivity contribution in [2.75, 3.05) is 6.54 Å². The Morgan fingerprint density at radius 1 is 1.05 bits per heavy atom. The van der Waals surface area contributed by atoms with Gasteiger partial charge in [-0.2, -0.15) is 0 Å². The van der Waals surface area contributed by atoms with E-state index < -0.39 is 24.6 Å². The minimum Gasteiger partial charge on any atom is -0.481 e. The van der Waals surface area contributed by atoms with Gasteiger partial charge in [-0.15, -0.1) is 0 Å². The number of hydrogen-bond acceptors (Lipinski definition) is 5. The molecule has 8 nitrogen and oxygen atoms in total. The first-order valence-electron chi connectivity index (χ1n) is 12.4. The zero-order valence-electron chi connectivity index (χ0n) is 21.3. The van der Waals surface area contributed by atoms with Crippen molar-refractivity contribution in [1.82, 2.24) is 14.9 Å². The van der Waals surface area contributed by atoms with E-state index in [1.807, 2.05) is 37.5 Å². The van der Waals surface area contributed by atoms with E-state index in [2.05, 4.69) is 10.3 Å². The van der Waals surface area contributed by atoms with Gasteiger partial charge in [-0.3, -0.25) is 14.6 Å². The first-order valence-corrected chi connectivity index (χ1v) is 12.4. The van der Waals surface area contributed by atoms with Crippen LogP contribution < -0.4 is 5.32 Å². The van der Waals surface area contributed by atoms with Gasteiger partial charge in [0.1, 0.15) is 11.5 Å². The Hall–Kier alpha value is -3.56. The highest BCUT2D eigenvalue weighted by molar-refractivity contribution is 6.04. The van der Waals surface area contributed by atoms with Crippen molar-refractivity contribution in [3.63, 3.8) is 0 Å². The molecule has 198 valence electrons. The summed E-state index contributed by atoms with van der Waals surface area (Å²) in [5, 5.41) is 32.4. The maximum Gasteiger partial charge on any atom is 0.305 e. The molecule has 0 saturated carbocycles. The molecular formula is C28H34FN3O5. The number of halogens is 1. The lowest BCUT2D eigenvalue weighted by atomic mass is 9.94. The number of benzene rings is 1. The molecule has 3 aromatic rings. The summed E-state index contributed by atoms with van der Waals surface area (Å²) in [6.45, 7) is 6.17. The smallest absolute Gasteiger partial charge is 0.305 e. The second kappa shape index (κ2) is 12.6. The molecule has 0 radical (unpaired) electrons. The largest absolute Gasteiger partial charge is 0.481 e. The minimum atomic E-state index is -1.17. The highest BCUT2D eigenvalue weighted by Gasteiger charge is 2.30. The molecule has 2 aromatic heterocycles. The van der Waals surface area contributed by atoms with Crippen LogP contribution in [0.4, 0.5) is 4.39 Å². The summed E-state index contributed by atoms with van der Waals surface area (Å²) < 4.78 is 15.8. The van der Waals surface area contributed by atoms with Gasteiger partial charge in [0, 0.05) is 35.6 Å². The molecule has 2 heterocycles. The van der Waals surface area contributed by atoms with Crippen molar-refractivity contribution in [3.05, 3.63) is 65.9 Å². The summed E-state index contributed by atoms with van der Waals surface area (Å²) in [6.07, 6.45) is -0.482. The van der Waals surface area contributed by atoms with Crippen LogP contribution in [0.2, 0.25) is 0 Å². The number of pyridine rings is 1. The number of aliphatic hydroxyl groups is 2. The van der Waals surface area contributed by atoms with Crippen LogP contribution in [-0.4, -0.2) is 55.5 Å². The summed E-state index contributed by atoms with van der Waals surface area (Å²) in [7, 11) is 0. The van der Waals surface area contributed by atoms with Gasteiger partial charge < -0.3 is 25.2 Å². The van der Waals surface area contributed by atoms with Gasteiger partial charge in [0.25, 0.3) is 5.91 Å². The number of hydrogen-bond donors (Lipinski definition) is 4. The average molecular weight is 512 g/mol. The Kier molecular flexibility index (Phi) is 9.54. The molecule has 1 aromatic carbocycles. The quantitative estimate of drug-likeness (QED) is 0.289. The highest BCUT2D eigenvalue weighted by atomic mass is 19.1. The van der Waals surface area contributed by atoms with E-state index >= 15 is 0 Å². The molecule has 0 spiro atoms. The first-order chi connectivity index (χ1) is 17.6. The molecule has 0 aliphatic rings. The SMILES string of the molecule is CCNC(=O)c1c(-c2ccccn2)c(-c2ccc(F)cc2)c(CCC(O)CC(O)CC(=O)O)n1C(C)C. The number of carbonyl (C=O) groups excluding carboxylic acids is 1. The molecule has 4 N–H and O–H groups in total. The lowest BCUT2D eigenvalue weighted by molar-refractivity contribution is -0.139. The maximum absolute atomic E-state index is 13.9. The number of aliphatic carboxylic acids is 1. The molecule has 2 unspecified atom stereocenters. The van der Waals surface area contributed by atoms with Crippen molar-refractivity contribution in [1.29, 1.82) is 0 Å². The number of nitrogens with zero attached hydrogens (tertiary/aromatic N) is 2. The topological polar surface area (TPSA) is 125 Å². The summed E-state index contributed by atoms with van der Waals surface area (Å²) in [5.74, 6) is -1.80. The van der Waals surface area contributed by atoms with E-state index in [0.717, 1.165) is 5.69 Å². The van der Waals surface area contributed by atoms with Gasteiger partial charge >= 0.3 is 5.97 Å². The summed E-state index contributed by atoms with van der Waals surface area (Å²) in [4.78, 5) is 28.9. The van der Waals surface area contributed by atoms with Crippen molar-refractivity contribution < 1.29 is 29.3 Å². The summed E-state index contributed by atoms with van der Waals surface area (Å²) in [6, 6.07) is 11.3. The number of carboxylic acid groups (broad SMARTS) is 1. The Morgan fingerprint density at radius 3 is 2.32 bits per heavy atom. The predicted octanol–water partition coefficient (Wildman–Crippen LogP) is 4.21. The number of aromatic nitrogens is 2. The van der Waals surface area contributed by atoms with Gasteiger partial charge in [-0.25, -0.2) is 4.39 Å². The Labute approximate surface area is 215 Å². The van der Waals surface area contributed by atoms with E-state index in [1.165, 1.54) is 12.1 Å². The van der Waals surface area contributed by atoms with Crippen LogP contribution in [0.3, 0.4) is 0 Å². The second-order valence-corrected chi connectivity index (χ2v) is 9.27. The normalized spacial score (nSPS) is 12.9. The van der Waals surface area contributed by atoms with Crippen LogP contribution in [0.25, 0.3) is 22.4 Å². The molecule has 0 saturated heterocycles. The minimum absolute atomic E-state index is 0.0865. The Bertz CT molecular complexity index is 1210. The molecular weight excluding hydrogens is 477 g/mol. The van der Waals surface area contributed by atoms with Gasteiger partial charge in [-0.05, 0) is 69.9 Å². The van der Waals surface area contributed by atoms with Crippen LogP contribution in [0, 0.1) is 5.82 Å². The fourth-order valence-electron chi connectivity index (χ4n) is 4.63. The standard InChI is InChI=1S/C28H34FN3O5/c1-4-30-28(37)27-26(22-7-5-6-14-31-22)25(18-8-10-19(29)11-9-18)23(32(27)17(2)3)13-12-20(33)15-21(34)16-24(35)36/h5-11,14,17,20-21,33-34H,4,12-13,15-16H2,1-3H3,(H,30,37)(H,35,36). The Morgan fingerprint density at radius 2 is 1.76 bits per heavy atom. The van der Waals surface area contributed by atoms with E-state index in [9.17, 15) is 24.2 Å². The third kappa shape index (κ3) is 6.81. The summed E-state index contributed by atoms with van der Waals surface area (Å²) >= 11 is 0. The number of nitrogens with one attached hydrogen (secondary N) is 1. The van der Waals surface area contributed by atoms with Crippen molar-refractivity contribution >= 4 is 11.9 Å². The van der Waals surface area contributed by atoms with Gasteiger partial charge in [0.05, 0.1) is 24.3 Å². The maximum atomic E-state index is 13.9. The molecule has 2 atom stereocenters. The fourth-order valence-corrected chi connectivity index (χ4v) is 4.63. The first kappa shape index (κ1) is 28.0. The number of amides is 1. The van der Waals surface area contributed by atoms with Crippen molar-refractivity contribution in [2.24, 2.45) is 0 Å². The molecule has 0 aliphatic carbocycles. The lowest BCUT2D eigenvalue weighted by Gasteiger charge is -2.20. The molecule has 0 aliphatic heterocycles. The van der Waals surface area contributed by atoms with E-state index in [0.29, 0.717) is 41.0 Å². The molecule has 1 amide bonds. The van der Waals surface area contributed by atoms with Gasteiger partial charge in [0.15, 0.2) is 0 Å². The molecule has 37 heavy (non-hydrogen) atoms. The summed E-state index contributed by atoms with van der Waals surface area (Å²) in [5.41, 5.74) is 3.79. The number of carboxylic acids is 1. The third-order valence-corrected chi connectivity index (χ3v) is 6.10. The van der Waals surface area contributed by atoms with E-state index in [4.69, 9.17) is 5.11 Å². The Balaban J connectivity index is 2.21. The van der Waals surface area contributed by atoms with Crippen LogP contribution >= 0.6 is 0 Å². The molecule has 9 heteroatoms. The van der Waals surface area contributed by atoms with Crippen LogP contribution in [-0.2, 0) is 11.2 Å². The number of rotatable bonds is 12. The van der Waals surface area contributed by atoms with E-state index in [1.54, 1.807) is 24.4 Å². The average Bonchev–Trinajstić information content (AvgIpc) is 3.19. The van der Waals surface area contributed by atoms with Gasteiger partial charge in [0.2, 0.25) is 0 Å². The van der Waals surface area contributed by atoms with Crippen LogP contribution in [0.5, 0.6) is 0 Å². The van der Waals surface area contributed by atoms with Gasteiger partial charge in [-0.1, -0.05) is 18.2 Å². The molecule has 0 fully saturated rings. The van der Waals surface area contributed by atoms with Crippen molar-refractivity contribution in [3.8, 4) is 22.4 Å².